The summed E-state index contributed by atoms with van der Waals surface area (Å²) in [4.78, 5) is 0. The van der Waals surface area contributed by atoms with E-state index in [1.165, 1.54) is 6.07 Å². The monoisotopic (exact) mass is 364 g/mol. The molecular weight excluding hydrogens is 353 g/mol. The SMILES string of the molecule is CNC(C)c1nnc(Nc2cc(Br)cc(C(F)(F)F)c2)o1. The minimum atomic E-state index is -4.43. The molecule has 5 nitrogen and oxygen atoms in total. The molecule has 0 spiro atoms. The molecule has 0 aliphatic carbocycles. The van der Waals surface area contributed by atoms with Crippen molar-refractivity contribution in [3.8, 4) is 0 Å². The van der Waals surface area contributed by atoms with E-state index in [9.17, 15) is 13.2 Å². The van der Waals surface area contributed by atoms with Crippen LogP contribution in [0, 0.1) is 0 Å². The van der Waals surface area contributed by atoms with Gasteiger partial charge in [0, 0.05) is 10.2 Å². The Kier molecular flexibility index (Phi) is 4.52. The van der Waals surface area contributed by atoms with E-state index in [0.29, 0.717) is 10.4 Å². The van der Waals surface area contributed by atoms with Crippen LogP contribution in [0.3, 0.4) is 0 Å². The van der Waals surface area contributed by atoms with Gasteiger partial charge in [0.05, 0.1) is 11.6 Å². The van der Waals surface area contributed by atoms with Crippen molar-refractivity contribution in [2.24, 2.45) is 0 Å². The summed E-state index contributed by atoms with van der Waals surface area (Å²) in [6.07, 6.45) is -4.43. The minimum Gasteiger partial charge on any atom is -0.406 e. The fourth-order valence-electron chi connectivity index (χ4n) is 1.53. The van der Waals surface area contributed by atoms with Gasteiger partial charge in [-0.1, -0.05) is 21.0 Å². The van der Waals surface area contributed by atoms with E-state index in [2.05, 4.69) is 36.8 Å². The Morgan fingerprint density at radius 3 is 2.57 bits per heavy atom. The highest BCUT2D eigenvalue weighted by Gasteiger charge is 2.31. The van der Waals surface area contributed by atoms with E-state index < -0.39 is 11.7 Å². The number of hydrogen-bond acceptors (Lipinski definition) is 5. The molecule has 0 saturated carbocycles. The largest absolute Gasteiger partial charge is 0.416 e. The van der Waals surface area contributed by atoms with Crippen LogP contribution in [-0.4, -0.2) is 17.2 Å². The molecule has 9 heteroatoms. The van der Waals surface area contributed by atoms with Gasteiger partial charge in [-0.3, -0.25) is 0 Å². The predicted octanol–water partition coefficient (Wildman–Crippen LogP) is 3.87. The van der Waals surface area contributed by atoms with Crippen molar-refractivity contribution < 1.29 is 17.6 Å². The number of nitrogens with zero attached hydrogens (tertiary/aromatic N) is 2. The van der Waals surface area contributed by atoms with Crippen LogP contribution >= 0.6 is 15.9 Å². The van der Waals surface area contributed by atoms with Gasteiger partial charge in [-0.05, 0) is 32.2 Å². The van der Waals surface area contributed by atoms with Crippen molar-refractivity contribution >= 4 is 27.6 Å². The third-order valence-corrected chi connectivity index (χ3v) is 3.18. The molecule has 0 saturated heterocycles. The summed E-state index contributed by atoms with van der Waals surface area (Å²) >= 11 is 3.04. The lowest BCUT2D eigenvalue weighted by molar-refractivity contribution is -0.137. The number of anilines is 2. The lowest BCUT2D eigenvalue weighted by atomic mass is 10.2. The van der Waals surface area contributed by atoms with E-state index >= 15 is 0 Å². The second kappa shape index (κ2) is 6.02. The predicted molar refractivity (Wildman–Crippen MR) is 74.2 cm³/mol. The van der Waals surface area contributed by atoms with E-state index in [0.717, 1.165) is 12.1 Å². The lowest BCUT2D eigenvalue weighted by Gasteiger charge is -2.10. The van der Waals surface area contributed by atoms with Crippen molar-refractivity contribution in [1.29, 1.82) is 0 Å². The summed E-state index contributed by atoms with van der Waals surface area (Å²) in [5, 5.41) is 13.1. The smallest absolute Gasteiger partial charge is 0.406 e. The third-order valence-electron chi connectivity index (χ3n) is 2.72. The molecule has 1 heterocycles. The first-order valence-corrected chi connectivity index (χ1v) is 6.74. The summed E-state index contributed by atoms with van der Waals surface area (Å²) in [5.41, 5.74) is -0.577. The molecule has 2 rings (SSSR count). The van der Waals surface area contributed by atoms with E-state index in [1.54, 1.807) is 7.05 Å². The first-order chi connectivity index (χ1) is 9.79. The van der Waals surface area contributed by atoms with Crippen molar-refractivity contribution in [1.82, 2.24) is 15.5 Å². The molecule has 2 N–H and O–H groups in total. The molecule has 21 heavy (non-hydrogen) atoms. The summed E-state index contributed by atoms with van der Waals surface area (Å²) in [6, 6.07) is 3.32. The maximum Gasteiger partial charge on any atom is 0.416 e. The molecule has 0 bridgehead atoms. The highest BCUT2D eigenvalue weighted by Crippen LogP contribution is 2.34. The van der Waals surface area contributed by atoms with Crippen LogP contribution in [0.5, 0.6) is 0 Å². The maximum absolute atomic E-state index is 12.7. The van der Waals surface area contributed by atoms with Crippen molar-refractivity contribution in [3.63, 3.8) is 0 Å². The number of benzene rings is 1. The molecule has 1 atom stereocenters. The number of alkyl halides is 3. The molecule has 0 aliphatic heterocycles. The van der Waals surface area contributed by atoms with Gasteiger partial charge < -0.3 is 15.1 Å². The Morgan fingerprint density at radius 1 is 1.24 bits per heavy atom. The van der Waals surface area contributed by atoms with Crippen LogP contribution in [0.1, 0.15) is 24.4 Å². The maximum atomic E-state index is 12.7. The normalized spacial score (nSPS) is 13.2. The van der Waals surface area contributed by atoms with Crippen molar-refractivity contribution in [2.75, 3.05) is 12.4 Å². The van der Waals surface area contributed by atoms with Gasteiger partial charge in [-0.2, -0.15) is 13.2 Å². The first-order valence-electron chi connectivity index (χ1n) is 5.95. The molecule has 1 unspecified atom stereocenters. The quantitative estimate of drug-likeness (QED) is 0.861. The van der Waals surface area contributed by atoms with E-state index in [-0.39, 0.29) is 17.7 Å². The number of hydrogen-bond donors (Lipinski definition) is 2. The second-order valence-electron chi connectivity index (χ2n) is 4.31. The van der Waals surface area contributed by atoms with Crippen molar-refractivity contribution in [2.45, 2.75) is 19.1 Å². The minimum absolute atomic E-state index is 0.0262. The zero-order valence-corrected chi connectivity index (χ0v) is 12.7. The fraction of sp³-hybridized carbons (Fsp3) is 0.333. The Bertz CT molecular complexity index is 629. The highest BCUT2D eigenvalue weighted by molar-refractivity contribution is 9.10. The van der Waals surface area contributed by atoms with Gasteiger partial charge in [0.25, 0.3) is 0 Å². The number of halogens is 4. The summed E-state index contributed by atoms with van der Waals surface area (Å²) in [7, 11) is 1.73. The van der Waals surface area contributed by atoms with Crippen molar-refractivity contribution in [3.05, 3.63) is 34.1 Å². The Hall–Kier alpha value is -1.61. The van der Waals surface area contributed by atoms with E-state index in [4.69, 9.17) is 4.42 Å². The van der Waals surface area contributed by atoms with Crippen LogP contribution < -0.4 is 10.6 Å². The van der Waals surface area contributed by atoms with Gasteiger partial charge >= 0.3 is 12.2 Å². The average Bonchev–Trinajstić information content (AvgIpc) is 2.84. The third kappa shape index (κ3) is 3.94. The van der Waals surface area contributed by atoms with Gasteiger partial charge in [0.2, 0.25) is 5.89 Å². The lowest BCUT2D eigenvalue weighted by Crippen LogP contribution is -2.12. The van der Waals surface area contributed by atoms with Gasteiger partial charge in [-0.25, -0.2) is 0 Å². The summed E-state index contributed by atoms with van der Waals surface area (Å²) < 4.78 is 43.8. The van der Waals surface area contributed by atoms with Gasteiger partial charge in [-0.15, -0.1) is 5.10 Å². The molecule has 1 aromatic carbocycles. The Balaban J connectivity index is 2.23. The van der Waals surface area contributed by atoms with Gasteiger partial charge in [0.1, 0.15) is 0 Å². The topological polar surface area (TPSA) is 63.0 Å². The molecule has 1 aromatic heterocycles. The highest BCUT2D eigenvalue weighted by atomic mass is 79.9. The first kappa shape index (κ1) is 15.8. The molecule has 0 fully saturated rings. The average molecular weight is 365 g/mol. The van der Waals surface area contributed by atoms with Crippen LogP contribution in [0.2, 0.25) is 0 Å². The Morgan fingerprint density at radius 2 is 1.95 bits per heavy atom. The molecule has 2 aromatic rings. The summed E-state index contributed by atoms with van der Waals surface area (Å²) in [6.45, 7) is 1.82. The van der Waals surface area contributed by atoms with Crippen LogP contribution in [0.25, 0.3) is 0 Å². The molecule has 0 radical (unpaired) electrons. The number of aromatic nitrogens is 2. The van der Waals surface area contributed by atoms with Crippen LogP contribution in [0.15, 0.2) is 27.1 Å². The molecule has 0 aliphatic rings. The van der Waals surface area contributed by atoms with Gasteiger partial charge in [0.15, 0.2) is 0 Å². The zero-order chi connectivity index (χ0) is 15.6. The molecular formula is C12H12BrF3N4O. The summed E-state index contributed by atoms with van der Waals surface area (Å²) in [5.74, 6) is 0.339. The fourth-order valence-corrected chi connectivity index (χ4v) is 2.03. The van der Waals surface area contributed by atoms with E-state index in [1.807, 2.05) is 6.92 Å². The Labute approximate surface area is 127 Å². The second-order valence-corrected chi connectivity index (χ2v) is 5.22. The molecule has 114 valence electrons. The molecule has 0 amide bonds. The number of rotatable bonds is 4. The standard InChI is InChI=1S/C12H12BrF3N4O/c1-6(17-2)10-19-20-11(21-10)18-9-4-7(12(14,15)16)3-8(13)5-9/h3-6,17H,1-2H3,(H,18,20). The number of nitrogens with one attached hydrogen (secondary N) is 2. The van der Waals surface area contributed by atoms with Crippen LogP contribution in [-0.2, 0) is 6.18 Å². The van der Waals surface area contributed by atoms with Crippen LogP contribution in [0.4, 0.5) is 24.9 Å². The zero-order valence-electron chi connectivity index (χ0n) is 11.1.